The Morgan fingerprint density at radius 2 is 0.795 bits per heavy atom. The van der Waals surface area contributed by atoms with Gasteiger partial charge in [0.05, 0.1) is 9.79 Å². The normalized spacial score (nSPS) is 11.0. The van der Waals surface area contributed by atoms with E-state index in [1.54, 1.807) is 46.0 Å². The van der Waals surface area contributed by atoms with Gasteiger partial charge in [0.1, 0.15) is 20.2 Å². The largest absolute Gasteiger partial charge is 0.744 e. The third kappa shape index (κ3) is 22.4. The summed E-state index contributed by atoms with van der Waals surface area (Å²) in [5.74, 6) is 0. The molecule has 0 atom stereocenters. The molecule has 0 N–H and O–H groups in total. The first-order valence-corrected chi connectivity index (χ1v) is 21.0. The Morgan fingerprint density at radius 3 is 1.08 bits per heavy atom. The fourth-order valence-electron chi connectivity index (χ4n) is 3.60. The first kappa shape index (κ1) is 38.1. The van der Waals surface area contributed by atoms with Gasteiger partial charge in [0.2, 0.25) is 0 Å². The molecule has 0 unspecified atom stereocenters. The zero-order valence-electron chi connectivity index (χ0n) is 24.3. The molecule has 2 aromatic rings. The van der Waals surface area contributed by atoms with E-state index in [-0.39, 0.29) is 30.9 Å². The summed E-state index contributed by atoms with van der Waals surface area (Å²) >= 11 is 0.0736. The maximum atomic E-state index is 10.4. The number of hydrogen-bond donors (Lipinski definition) is 0. The molecule has 0 aliphatic carbocycles. The standard InChI is InChI=1S/2C8H17.2C7H8O3S.Sn/c2*1-3-5-7-8-6-4-2;2*1-6-2-4-7(5-3-6)11(8,9)10;/h2*1,3-8H2,2H3;2*2-5H,1H3,(H,8,9,10);/q;;;;+2/p-2. The second-order valence-electron chi connectivity index (χ2n) is 9.82. The van der Waals surface area contributed by atoms with E-state index in [0.29, 0.717) is 0 Å². The molecule has 39 heavy (non-hydrogen) atoms. The van der Waals surface area contributed by atoms with Crippen LogP contribution in [0.15, 0.2) is 58.3 Å². The van der Waals surface area contributed by atoms with Crippen LogP contribution in [0.4, 0.5) is 0 Å². The summed E-state index contributed by atoms with van der Waals surface area (Å²) < 4.78 is 65.6. The van der Waals surface area contributed by atoms with Crippen LogP contribution in [0, 0.1) is 13.8 Å². The maximum Gasteiger partial charge on any atom is 0.124 e. The van der Waals surface area contributed by atoms with Crippen molar-refractivity contribution in [3.63, 3.8) is 0 Å². The van der Waals surface area contributed by atoms with E-state index in [9.17, 15) is 25.9 Å². The first-order valence-electron chi connectivity index (χ1n) is 14.2. The van der Waals surface area contributed by atoms with Crippen molar-refractivity contribution in [1.82, 2.24) is 0 Å². The summed E-state index contributed by atoms with van der Waals surface area (Å²) in [6.45, 7) is 8.24. The summed E-state index contributed by atoms with van der Waals surface area (Å²) in [4.78, 5) is -0.355. The van der Waals surface area contributed by atoms with Crippen molar-refractivity contribution in [2.75, 3.05) is 0 Å². The number of rotatable bonds is 16. The van der Waals surface area contributed by atoms with Crippen LogP contribution in [0.2, 0.25) is 8.87 Å². The van der Waals surface area contributed by atoms with Crippen molar-refractivity contribution in [3.8, 4) is 0 Å². The quantitative estimate of drug-likeness (QED) is 0.100. The van der Waals surface area contributed by atoms with Gasteiger partial charge in [-0.25, -0.2) is 16.8 Å². The summed E-state index contributed by atoms with van der Waals surface area (Å²) in [7, 11) is -8.54. The summed E-state index contributed by atoms with van der Waals surface area (Å²) in [5.41, 5.74) is 1.86. The van der Waals surface area contributed by atoms with Gasteiger partial charge in [-0.3, -0.25) is 0 Å². The molecule has 2 rings (SSSR count). The molecule has 0 fully saturated rings. The fraction of sp³-hybridized carbons (Fsp3) is 0.600. The minimum absolute atomic E-state index is 0.0736. The third-order valence-electron chi connectivity index (χ3n) is 6.03. The van der Waals surface area contributed by atoms with Gasteiger partial charge < -0.3 is 9.11 Å². The van der Waals surface area contributed by atoms with E-state index in [1.165, 1.54) is 88.5 Å². The molecule has 2 aromatic carbocycles. The van der Waals surface area contributed by atoms with Gasteiger partial charge in [0.25, 0.3) is 0 Å². The molecular weight excluding hydrogens is 639 g/mol. The van der Waals surface area contributed by atoms with Gasteiger partial charge in [-0.05, 0) is 38.1 Å². The topological polar surface area (TPSA) is 114 Å². The third-order valence-corrected chi connectivity index (χ3v) is 11.8. The molecule has 0 saturated carbocycles. The Bertz CT molecular complexity index is 980. The predicted molar refractivity (Wildman–Crippen MR) is 160 cm³/mol. The average Bonchev–Trinajstić information content (AvgIpc) is 2.87. The van der Waals surface area contributed by atoms with Crippen LogP contribution in [0.1, 0.15) is 102 Å². The summed E-state index contributed by atoms with van der Waals surface area (Å²) in [5, 5.41) is 0. The molecule has 6 nitrogen and oxygen atoms in total. The second-order valence-corrected chi connectivity index (χ2v) is 16.9. The van der Waals surface area contributed by atoms with Crippen molar-refractivity contribution in [2.45, 2.75) is 123 Å². The molecule has 0 heterocycles. The molecular formula is C30H48O6S2Sn. The fourth-order valence-corrected chi connectivity index (χ4v) is 8.10. The summed E-state index contributed by atoms with van der Waals surface area (Å²) in [6.07, 6.45) is 17.8. The van der Waals surface area contributed by atoms with Crippen molar-refractivity contribution in [3.05, 3.63) is 59.7 Å². The van der Waals surface area contributed by atoms with E-state index in [2.05, 4.69) is 13.8 Å². The number of hydrogen-bond acceptors (Lipinski definition) is 6. The van der Waals surface area contributed by atoms with Crippen LogP contribution >= 0.6 is 0 Å². The molecule has 0 aliphatic rings. The van der Waals surface area contributed by atoms with Crippen molar-refractivity contribution >= 4 is 41.4 Å². The minimum atomic E-state index is -4.27. The number of benzene rings is 2. The van der Waals surface area contributed by atoms with Crippen LogP contribution in [0.25, 0.3) is 0 Å². The average molecular weight is 688 g/mol. The molecule has 0 aliphatic heterocycles. The molecule has 0 saturated heterocycles. The van der Waals surface area contributed by atoms with E-state index < -0.39 is 20.2 Å². The zero-order chi connectivity index (χ0) is 29.6. The van der Waals surface area contributed by atoms with Gasteiger partial charge in [-0.2, -0.15) is 0 Å². The predicted octanol–water partition coefficient (Wildman–Crippen LogP) is 8.05. The number of aryl methyl sites for hydroxylation is 2. The molecule has 9 heteroatoms. The van der Waals surface area contributed by atoms with Crippen molar-refractivity contribution in [1.29, 1.82) is 0 Å². The van der Waals surface area contributed by atoms with Crippen LogP contribution in [0.5, 0.6) is 0 Å². The monoisotopic (exact) mass is 688 g/mol. The van der Waals surface area contributed by atoms with E-state index in [4.69, 9.17) is 0 Å². The Morgan fingerprint density at radius 1 is 0.513 bits per heavy atom. The van der Waals surface area contributed by atoms with Crippen LogP contribution in [-0.2, 0) is 20.2 Å². The van der Waals surface area contributed by atoms with Crippen LogP contribution in [-0.4, -0.2) is 47.1 Å². The molecule has 0 aromatic heterocycles. The van der Waals surface area contributed by atoms with Crippen LogP contribution < -0.4 is 0 Å². The van der Waals surface area contributed by atoms with Gasteiger partial charge in [-0.1, -0.05) is 35.4 Å². The first-order chi connectivity index (χ1) is 18.4. The summed E-state index contributed by atoms with van der Waals surface area (Å²) in [6, 6.07) is 11.6. The molecule has 0 bridgehead atoms. The van der Waals surface area contributed by atoms with Gasteiger partial charge in [0, 0.05) is 0 Å². The molecule has 0 spiro atoms. The number of unbranched alkanes of at least 4 members (excludes halogenated alkanes) is 10. The van der Waals surface area contributed by atoms with E-state index in [0.717, 1.165) is 11.1 Å². The Kier molecular flexibility index (Phi) is 22.2. The Hall–Kier alpha value is -0.941. The molecule has 0 amide bonds. The molecule has 0 radical (unpaired) electrons. The maximum absolute atomic E-state index is 10.4. The van der Waals surface area contributed by atoms with E-state index >= 15 is 0 Å². The Balaban J connectivity index is 0.000000575. The van der Waals surface area contributed by atoms with Gasteiger partial charge in [0.15, 0.2) is 0 Å². The smallest absolute Gasteiger partial charge is 0.124 e. The molecule has 220 valence electrons. The van der Waals surface area contributed by atoms with Crippen molar-refractivity contribution < 1.29 is 25.9 Å². The van der Waals surface area contributed by atoms with Gasteiger partial charge >= 0.3 is 121 Å². The van der Waals surface area contributed by atoms with Crippen molar-refractivity contribution in [2.24, 2.45) is 0 Å². The SMILES string of the molecule is CCCCCCC[CH2][Sn+2][CH2]CCCCCCC.Cc1ccc(S(=O)(=O)[O-])cc1.Cc1ccc(S(=O)(=O)[O-])cc1. The second kappa shape index (κ2) is 22.7. The zero-order valence-corrected chi connectivity index (χ0v) is 28.8. The van der Waals surface area contributed by atoms with Gasteiger partial charge in [-0.15, -0.1) is 0 Å². The van der Waals surface area contributed by atoms with E-state index in [1.807, 2.05) is 13.8 Å². The Labute approximate surface area is 249 Å². The minimum Gasteiger partial charge on any atom is -0.744 e. The van der Waals surface area contributed by atoms with Crippen LogP contribution in [0.3, 0.4) is 0 Å².